The van der Waals surface area contributed by atoms with Crippen LogP contribution in [-0.4, -0.2) is 36.5 Å². The molecule has 0 N–H and O–H groups in total. The molecule has 30 heavy (non-hydrogen) atoms. The van der Waals surface area contributed by atoms with Gasteiger partial charge in [-0.3, -0.25) is 9.69 Å². The highest BCUT2D eigenvalue weighted by molar-refractivity contribution is 6.30. The number of para-hydroxylation sites is 1. The molecule has 1 unspecified atom stereocenters. The van der Waals surface area contributed by atoms with Gasteiger partial charge in [0.25, 0.3) is 5.91 Å². The van der Waals surface area contributed by atoms with Gasteiger partial charge in [0.05, 0.1) is 0 Å². The number of anilines is 1. The van der Waals surface area contributed by atoms with Crippen LogP contribution in [0.2, 0.25) is 5.02 Å². The summed E-state index contributed by atoms with van der Waals surface area (Å²) < 4.78 is 0. The molecule has 0 radical (unpaired) electrons. The quantitative estimate of drug-likeness (QED) is 0.596. The Hall–Kier alpha value is -1.84. The zero-order chi connectivity index (χ0) is 20.6. The van der Waals surface area contributed by atoms with Gasteiger partial charge in [0, 0.05) is 40.8 Å². The maximum absolute atomic E-state index is 13.6. The lowest BCUT2D eigenvalue weighted by molar-refractivity contribution is 0.0417. The van der Waals surface area contributed by atoms with Crippen LogP contribution < -0.4 is 4.90 Å². The molecule has 0 bridgehead atoms. The van der Waals surface area contributed by atoms with E-state index in [-0.39, 0.29) is 11.3 Å². The van der Waals surface area contributed by atoms with Gasteiger partial charge in [0.2, 0.25) is 0 Å². The smallest absolute Gasteiger partial charge is 0.258 e. The summed E-state index contributed by atoms with van der Waals surface area (Å²) in [6.45, 7) is 3.16. The van der Waals surface area contributed by atoms with Gasteiger partial charge in [-0.2, -0.15) is 0 Å². The van der Waals surface area contributed by atoms with Crippen LogP contribution in [0, 0.1) is 5.41 Å². The van der Waals surface area contributed by atoms with Crippen LogP contribution in [-0.2, 0) is 6.42 Å². The maximum atomic E-state index is 13.6. The van der Waals surface area contributed by atoms with Gasteiger partial charge in [-0.15, -0.1) is 0 Å². The van der Waals surface area contributed by atoms with Gasteiger partial charge in [0.1, 0.15) is 0 Å². The Morgan fingerprint density at radius 3 is 2.50 bits per heavy atom. The number of nitrogens with zero attached hydrogens (tertiary/aromatic N) is 2. The van der Waals surface area contributed by atoms with E-state index in [0.717, 1.165) is 31.2 Å². The molecule has 2 aromatic rings. The van der Waals surface area contributed by atoms with Crippen molar-refractivity contribution in [1.29, 1.82) is 0 Å². The topological polar surface area (TPSA) is 23.6 Å². The second-order valence-electron chi connectivity index (χ2n) is 9.57. The van der Waals surface area contributed by atoms with E-state index in [1.165, 1.54) is 57.1 Å². The first kappa shape index (κ1) is 20.1. The first-order chi connectivity index (χ1) is 14.6. The van der Waals surface area contributed by atoms with Crippen LogP contribution in [0.15, 0.2) is 48.5 Å². The largest absolute Gasteiger partial charge is 0.307 e. The molecule has 1 saturated carbocycles. The average molecular weight is 423 g/mol. The maximum Gasteiger partial charge on any atom is 0.258 e. The number of rotatable bonds is 2. The lowest BCUT2D eigenvalue weighted by atomic mass is 9.71. The third kappa shape index (κ3) is 3.90. The van der Waals surface area contributed by atoms with E-state index >= 15 is 0 Å². The molecule has 2 aromatic carbocycles. The molecule has 4 heteroatoms. The Balaban J connectivity index is 1.45. The molecule has 1 aliphatic carbocycles. The summed E-state index contributed by atoms with van der Waals surface area (Å²) in [6, 6.07) is 16.6. The summed E-state index contributed by atoms with van der Waals surface area (Å²) in [4.78, 5) is 18.4. The number of halogens is 1. The van der Waals surface area contributed by atoms with E-state index in [1.807, 2.05) is 35.2 Å². The summed E-state index contributed by atoms with van der Waals surface area (Å²) in [7, 11) is 0. The minimum atomic E-state index is 0.0907. The van der Waals surface area contributed by atoms with Gasteiger partial charge >= 0.3 is 0 Å². The minimum Gasteiger partial charge on any atom is -0.307 e. The minimum absolute atomic E-state index is 0.0907. The normalized spacial score (nSPS) is 25.3. The first-order valence-corrected chi connectivity index (χ1v) is 11.9. The number of benzene rings is 2. The number of likely N-dealkylation sites (tertiary alicyclic amines) is 1. The Labute approximate surface area is 185 Å². The molecular formula is C26H31ClN2O. The molecule has 5 rings (SSSR count). The summed E-state index contributed by atoms with van der Waals surface area (Å²) in [6.07, 6.45) is 10.4. The van der Waals surface area contributed by atoms with E-state index in [2.05, 4.69) is 23.1 Å². The Bertz CT molecular complexity index is 906. The number of hydrogen-bond acceptors (Lipinski definition) is 2. The van der Waals surface area contributed by atoms with Crippen molar-refractivity contribution in [2.75, 3.05) is 24.5 Å². The van der Waals surface area contributed by atoms with Gasteiger partial charge in [0.15, 0.2) is 0 Å². The zero-order valence-corrected chi connectivity index (χ0v) is 18.4. The van der Waals surface area contributed by atoms with E-state index in [0.29, 0.717) is 10.6 Å². The van der Waals surface area contributed by atoms with Crippen LogP contribution in [0.1, 0.15) is 60.9 Å². The number of hydrogen-bond donors (Lipinski definition) is 0. The van der Waals surface area contributed by atoms with Crippen LogP contribution in [0.25, 0.3) is 0 Å². The van der Waals surface area contributed by atoms with Crippen molar-refractivity contribution in [1.82, 2.24) is 4.90 Å². The van der Waals surface area contributed by atoms with Crippen LogP contribution in [0.4, 0.5) is 5.69 Å². The average Bonchev–Trinajstić information content (AvgIpc) is 2.79. The van der Waals surface area contributed by atoms with Crippen molar-refractivity contribution in [2.45, 2.75) is 57.4 Å². The zero-order valence-electron chi connectivity index (χ0n) is 17.7. The summed E-state index contributed by atoms with van der Waals surface area (Å²) >= 11 is 6.06. The van der Waals surface area contributed by atoms with E-state index < -0.39 is 0 Å². The second-order valence-corrected chi connectivity index (χ2v) is 10.0. The summed E-state index contributed by atoms with van der Waals surface area (Å²) in [5.41, 5.74) is 3.27. The van der Waals surface area contributed by atoms with E-state index in [9.17, 15) is 4.79 Å². The molecule has 1 saturated heterocycles. The van der Waals surface area contributed by atoms with Crippen molar-refractivity contribution in [3.05, 3.63) is 64.7 Å². The van der Waals surface area contributed by atoms with Gasteiger partial charge in [-0.25, -0.2) is 0 Å². The third-order valence-electron chi connectivity index (χ3n) is 7.46. The molecular weight excluding hydrogens is 392 g/mol. The molecule has 158 valence electrons. The van der Waals surface area contributed by atoms with Crippen molar-refractivity contribution in [3.63, 3.8) is 0 Å². The molecule has 1 amide bonds. The van der Waals surface area contributed by atoms with Gasteiger partial charge < -0.3 is 4.90 Å². The molecule has 2 fully saturated rings. The summed E-state index contributed by atoms with van der Waals surface area (Å²) in [5.74, 6) is 0.0907. The number of carbonyl (C=O) groups excluding carboxylic acids is 1. The van der Waals surface area contributed by atoms with Crippen LogP contribution in [0.5, 0.6) is 0 Å². The van der Waals surface area contributed by atoms with Gasteiger partial charge in [-0.1, -0.05) is 49.1 Å². The highest BCUT2D eigenvalue weighted by Crippen LogP contribution is 2.43. The molecule has 3 aliphatic rings. The monoisotopic (exact) mass is 422 g/mol. The standard InChI is InChI=1S/C26H31ClN2O/c27-22-13-11-20(12-14-22)25(30)29-19-26(17-21-7-4-5-10-24(21)29)15-6-16-28(18-26)23-8-2-1-3-9-23/h4-5,7,10-14,23H,1-3,6,8-9,15-19H2. The Kier molecular flexibility index (Phi) is 5.59. The Morgan fingerprint density at radius 1 is 0.933 bits per heavy atom. The SMILES string of the molecule is O=C(c1ccc(Cl)cc1)N1CC2(CCCN(C3CCCCC3)C2)Cc2ccccc21. The number of piperidine rings is 1. The van der Waals surface area contributed by atoms with Crippen molar-refractivity contribution >= 4 is 23.2 Å². The number of amides is 1. The predicted octanol–water partition coefficient (Wildman–Crippen LogP) is 5.96. The van der Waals surface area contributed by atoms with Crippen LogP contribution >= 0.6 is 11.6 Å². The molecule has 1 atom stereocenters. The highest BCUT2D eigenvalue weighted by Gasteiger charge is 2.44. The van der Waals surface area contributed by atoms with Crippen molar-refractivity contribution in [2.24, 2.45) is 5.41 Å². The fraction of sp³-hybridized carbons (Fsp3) is 0.500. The molecule has 2 heterocycles. The molecule has 1 spiro atoms. The fourth-order valence-corrected chi connectivity index (χ4v) is 6.14. The molecule has 3 nitrogen and oxygen atoms in total. The molecule has 2 aliphatic heterocycles. The van der Waals surface area contributed by atoms with Crippen molar-refractivity contribution in [3.8, 4) is 0 Å². The van der Waals surface area contributed by atoms with Crippen molar-refractivity contribution < 1.29 is 4.79 Å². The first-order valence-electron chi connectivity index (χ1n) is 11.5. The second kappa shape index (κ2) is 8.36. The van der Waals surface area contributed by atoms with Crippen LogP contribution in [0.3, 0.4) is 0 Å². The Morgan fingerprint density at radius 2 is 1.70 bits per heavy atom. The lowest BCUT2D eigenvalue weighted by Crippen LogP contribution is -2.56. The lowest BCUT2D eigenvalue weighted by Gasteiger charge is -2.51. The summed E-state index contributed by atoms with van der Waals surface area (Å²) in [5, 5.41) is 0.664. The number of fused-ring (bicyclic) bond motifs is 1. The highest BCUT2D eigenvalue weighted by atomic mass is 35.5. The van der Waals surface area contributed by atoms with Gasteiger partial charge in [-0.05, 0) is 74.5 Å². The van der Waals surface area contributed by atoms with E-state index in [4.69, 9.17) is 11.6 Å². The third-order valence-corrected chi connectivity index (χ3v) is 7.71. The molecule has 0 aromatic heterocycles. The fourth-order valence-electron chi connectivity index (χ4n) is 6.01. The number of carbonyl (C=O) groups is 1. The van der Waals surface area contributed by atoms with E-state index in [1.54, 1.807) is 0 Å². The predicted molar refractivity (Wildman–Crippen MR) is 123 cm³/mol.